The van der Waals surface area contributed by atoms with Crippen LogP contribution in [-0.4, -0.2) is 18.6 Å². The van der Waals surface area contributed by atoms with Crippen LogP contribution in [0.25, 0.3) is 0 Å². The molecule has 0 fully saturated rings. The van der Waals surface area contributed by atoms with Crippen molar-refractivity contribution in [2.75, 3.05) is 6.54 Å². The van der Waals surface area contributed by atoms with Gasteiger partial charge in [0.05, 0.1) is 0 Å². The fourth-order valence-corrected chi connectivity index (χ4v) is 2.09. The first-order chi connectivity index (χ1) is 8.74. The average molecular weight is 257 g/mol. The maximum Gasteiger partial charge on any atom is 0.306 e. The van der Waals surface area contributed by atoms with Crippen molar-refractivity contribution >= 4 is 5.97 Å². The van der Waals surface area contributed by atoms with Gasteiger partial charge in [0.2, 0.25) is 0 Å². The zero-order valence-electron chi connectivity index (χ0n) is 12.2. The van der Waals surface area contributed by atoms with Crippen molar-refractivity contribution in [3.8, 4) is 0 Å². The summed E-state index contributed by atoms with van der Waals surface area (Å²) in [5.41, 5.74) is 5.43. The monoisotopic (exact) mass is 257 g/mol. The van der Waals surface area contributed by atoms with Crippen LogP contribution < -0.4 is 5.73 Å². The molecule has 0 aliphatic carbocycles. The topological polar surface area (TPSA) is 52.3 Å². The van der Waals surface area contributed by atoms with Crippen LogP contribution in [0.2, 0.25) is 0 Å². The molecule has 0 radical (unpaired) electrons. The summed E-state index contributed by atoms with van der Waals surface area (Å²) in [6.07, 6.45) is 10.4. The summed E-state index contributed by atoms with van der Waals surface area (Å²) < 4.78 is 5.50. The fourth-order valence-electron chi connectivity index (χ4n) is 2.09. The number of unbranched alkanes of at least 4 members (excludes halogenated alkanes) is 4. The summed E-state index contributed by atoms with van der Waals surface area (Å²) in [6.45, 7) is 5.04. The first-order valence-corrected chi connectivity index (χ1v) is 7.64. The highest BCUT2D eigenvalue weighted by Crippen LogP contribution is 2.12. The molecular formula is C15H31NO2. The highest BCUT2D eigenvalue weighted by molar-refractivity contribution is 5.69. The summed E-state index contributed by atoms with van der Waals surface area (Å²) in [5, 5.41) is 0. The zero-order chi connectivity index (χ0) is 13.6. The minimum Gasteiger partial charge on any atom is -0.462 e. The van der Waals surface area contributed by atoms with Gasteiger partial charge in [-0.3, -0.25) is 4.79 Å². The number of hydrogen-bond donors (Lipinski definition) is 1. The standard InChI is InChI=1S/C15H31NO2/c1-3-10-14(11-4-2)18-15(17)12-8-6-5-7-9-13-16/h14H,3-13,16H2,1-2H3. The van der Waals surface area contributed by atoms with E-state index in [-0.39, 0.29) is 12.1 Å². The molecule has 0 amide bonds. The smallest absolute Gasteiger partial charge is 0.306 e. The van der Waals surface area contributed by atoms with Gasteiger partial charge >= 0.3 is 5.97 Å². The van der Waals surface area contributed by atoms with E-state index in [2.05, 4.69) is 13.8 Å². The quantitative estimate of drug-likeness (QED) is 0.427. The van der Waals surface area contributed by atoms with Gasteiger partial charge in [-0.15, -0.1) is 0 Å². The van der Waals surface area contributed by atoms with Gasteiger partial charge < -0.3 is 10.5 Å². The van der Waals surface area contributed by atoms with Gasteiger partial charge in [-0.2, -0.15) is 0 Å². The number of carbonyl (C=O) groups is 1. The Kier molecular flexibility index (Phi) is 12.5. The Morgan fingerprint density at radius 3 is 2.11 bits per heavy atom. The van der Waals surface area contributed by atoms with Crippen LogP contribution in [0.4, 0.5) is 0 Å². The third-order valence-electron chi connectivity index (χ3n) is 3.10. The van der Waals surface area contributed by atoms with Crippen LogP contribution in [0.5, 0.6) is 0 Å². The molecule has 0 spiro atoms. The van der Waals surface area contributed by atoms with Gasteiger partial charge in [0.25, 0.3) is 0 Å². The van der Waals surface area contributed by atoms with Crippen molar-refractivity contribution in [3.05, 3.63) is 0 Å². The van der Waals surface area contributed by atoms with Gasteiger partial charge in [0.1, 0.15) is 6.10 Å². The minimum absolute atomic E-state index is 0.0132. The molecule has 0 aliphatic rings. The van der Waals surface area contributed by atoms with Crippen molar-refractivity contribution in [2.24, 2.45) is 5.73 Å². The number of ether oxygens (including phenoxy) is 1. The van der Waals surface area contributed by atoms with Crippen LogP contribution in [0.1, 0.15) is 78.1 Å². The normalized spacial score (nSPS) is 10.9. The van der Waals surface area contributed by atoms with Gasteiger partial charge in [0.15, 0.2) is 0 Å². The van der Waals surface area contributed by atoms with Crippen LogP contribution in [-0.2, 0) is 9.53 Å². The third-order valence-corrected chi connectivity index (χ3v) is 3.10. The lowest BCUT2D eigenvalue weighted by Crippen LogP contribution is -2.17. The zero-order valence-corrected chi connectivity index (χ0v) is 12.2. The molecule has 0 saturated heterocycles. The van der Waals surface area contributed by atoms with E-state index < -0.39 is 0 Å². The first kappa shape index (κ1) is 17.4. The molecule has 0 unspecified atom stereocenters. The van der Waals surface area contributed by atoms with E-state index in [0.29, 0.717) is 6.42 Å². The van der Waals surface area contributed by atoms with Gasteiger partial charge in [0, 0.05) is 6.42 Å². The molecule has 3 heteroatoms. The summed E-state index contributed by atoms with van der Waals surface area (Å²) >= 11 is 0. The van der Waals surface area contributed by atoms with E-state index in [0.717, 1.165) is 51.5 Å². The summed E-state index contributed by atoms with van der Waals surface area (Å²) in [4.78, 5) is 11.6. The summed E-state index contributed by atoms with van der Waals surface area (Å²) in [7, 11) is 0. The first-order valence-electron chi connectivity index (χ1n) is 7.64. The lowest BCUT2D eigenvalue weighted by Gasteiger charge is -2.16. The Labute approximate surface area is 112 Å². The largest absolute Gasteiger partial charge is 0.462 e. The van der Waals surface area contributed by atoms with Crippen molar-refractivity contribution in [1.82, 2.24) is 0 Å². The van der Waals surface area contributed by atoms with Gasteiger partial charge in [-0.25, -0.2) is 0 Å². The Balaban J connectivity index is 3.55. The van der Waals surface area contributed by atoms with Crippen LogP contribution in [0.3, 0.4) is 0 Å². The highest BCUT2D eigenvalue weighted by Gasteiger charge is 2.12. The summed E-state index contributed by atoms with van der Waals surface area (Å²) in [5.74, 6) is -0.0132. The molecule has 0 aromatic rings. The second kappa shape index (κ2) is 12.9. The molecule has 0 aromatic carbocycles. The predicted octanol–water partition coefficient (Wildman–Crippen LogP) is 3.80. The van der Waals surface area contributed by atoms with Crippen LogP contribution >= 0.6 is 0 Å². The molecule has 108 valence electrons. The lowest BCUT2D eigenvalue weighted by atomic mass is 10.1. The van der Waals surface area contributed by atoms with Crippen LogP contribution in [0, 0.1) is 0 Å². The number of hydrogen-bond acceptors (Lipinski definition) is 3. The van der Waals surface area contributed by atoms with Crippen molar-refractivity contribution in [3.63, 3.8) is 0 Å². The summed E-state index contributed by atoms with van der Waals surface area (Å²) in [6, 6.07) is 0. The molecule has 0 bridgehead atoms. The Hall–Kier alpha value is -0.570. The molecule has 0 aromatic heterocycles. The van der Waals surface area contributed by atoms with Crippen molar-refractivity contribution in [2.45, 2.75) is 84.2 Å². The van der Waals surface area contributed by atoms with Crippen molar-refractivity contribution in [1.29, 1.82) is 0 Å². The van der Waals surface area contributed by atoms with Gasteiger partial charge in [-0.1, -0.05) is 46.0 Å². The molecule has 2 N–H and O–H groups in total. The molecular weight excluding hydrogens is 226 g/mol. The lowest BCUT2D eigenvalue weighted by molar-refractivity contribution is -0.149. The van der Waals surface area contributed by atoms with E-state index in [9.17, 15) is 4.79 Å². The third kappa shape index (κ3) is 10.6. The molecule has 18 heavy (non-hydrogen) atoms. The highest BCUT2D eigenvalue weighted by atomic mass is 16.5. The average Bonchev–Trinajstić information content (AvgIpc) is 2.34. The van der Waals surface area contributed by atoms with Crippen molar-refractivity contribution < 1.29 is 9.53 Å². The SMILES string of the molecule is CCCC(CCC)OC(=O)CCCCCCCN. The number of carbonyl (C=O) groups excluding carboxylic acids is 1. The predicted molar refractivity (Wildman–Crippen MR) is 76.5 cm³/mol. The maximum absolute atomic E-state index is 11.6. The molecule has 0 atom stereocenters. The maximum atomic E-state index is 11.6. The molecule has 0 aliphatic heterocycles. The van der Waals surface area contributed by atoms with E-state index in [1.165, 1.54) is 12.8 Å². The van der Waals surface area contributed by atoms with E-state index in [1.54, 1.807) is 0 Å². The Morgan fingerprint density at radius 2 is 1.56 bits per heavy atom. The van der Waals surface area contributed by atoms with Gasteiger partial charge in [-0.05, 0) is 32.2 Å². The second-order valence-electron chi connectivity index (χ2n) is 5.00. The minimum atomic E-state index is -0.0132. The van der Waals surface area contributed by atoms with E-state index in [1.807, 2.05) is 0 Å². The fraction of sp³-hybridized carbons (Fsp3) is 0.933. The number of rotatable bonds is 12. The van der Waals surface area contributed by atoms with Crippen LogP contribution in [0.15, 0.2) is 0 Å². The Morgan fingerprint density at radius 1 is 1.00 bits per heavy atom. The molecule has 3 nitrogen and oxygen atoms in total. The van der Waals surface area contributed by atoms with E-state index in [4.69, 9.17) is 10.5 Å². The number of nitrogens with two attached hydrogens (primary N) is 1. The second-order valence-corrected chi connectivity index (χ2v) is 5.00. The molecule has 0 saturated carbocycles. The molecule has 0 heterocycles. The Bertz CT molecular complexity index is 189. The number of esters is 1. The molecule has 0 rings (SSSR count). The van der Waals surface area contributed by atoms with E-state index >= 15 is 0 Å².